The molecule has 1 unspecified atom stereocenters. The Kier molecular flexibility index (Phi) is 6.89. The van der Waals surface area contributed by atoms with Gasteiger partial charge in [0.15, 0.2) is 0 Å². The topological polar surface area (TPSA) is 38.0 Å². The van der Waals surface area contributed by atoms with Crippen LogP contribution in [0.25, 0.3) is 0 Å². The van der Waals surface area contributed by atoms with Crippen molar-refractivity contribution < 1.29 is 0 Å². The zero-order chi connectivity index (χ0) is 13.5. The molecule has 3 N–H and O–H groups in total. The predicted molar refractivity (Wildman–Crippen MR) is 90.2 cm³/mol. The lowest BCUT2D eigenvalue weighted by molar-refractivity contribution is 0.911. The molecule has 1 atom stereocenters. The summed E-state index contributed by atoms with van der Waals surface area (Å²) in [5.41, 5.74) is 7.85. The molecular weight excluding hydrogens is 280 g/mol. The van der Waals surface area contributed by atoms with Gasteiger partial charge in [-0.2, -0.15) is 11.8 Å². The van der Waals surface area contributed by atoms with Crippen LogP contribution >= 0.6 is 35.7 Å². The average molecular weight is 301 g/mol. The first-order chi connectivity index (χ1) is 8.60. The molecule has 5 heteroatoms. The van der Waals surface area contributed by atoms with Gasteiger partial charge in [-0.1, -0.05) is 25.2 Å². The van der Waals surface area contributed by atoms with E-state index in [1.807, 2.05) is 30.2 Å². The fourth-order valence-corrected chi connectivity index (χ4v) is 3.27. The normalized spacial score (nSPS) is 12.2. The molecule has 0 radical (unpaired) electrons. The molecule has 18 heavy (non-hydrogen) atoms. The van der Waals surface area contributed by atoms with Crippen molar-refractivity contribution in [1.29, 1.82) is 0 Å². The van der Waals surface area contributed by atoms with Crippen molar-refractivity contribution in [2.75, 3.05) is 23.1 Å². The Morgan fingerprint density at radius 2 is 2.22 bits per heavy atom. The summed E-state index contributed by atoms with van der Waals surface area (Å²) in [5, 5.41) is 3.50. The SMILES string of the molecule is CCSCC(C)Nc1cccc(SC)c1C(N)=S. The second-order valence-corrected chi connectivity index (χ2v) is 6.56. The summed E-state index contributed by atoms with van der Waals surface area (Å²) in [6.45, 7) is 4.35. The van der Waals surface area contributed by atoms with Crippen LogP contribution in [-0.4, -0.2) is 28.8 Å². The standard InChI is InChI=1S/C13H20N2S3/c1-4-18-8-9(2)15-10-6-5-7-11(17-3)12(10)13(14)16/h5-7,9,15H,4,8H2,1-3H3,(H2,14,16). The van der Waals surface area contributed by atoms with Crippen molar-refractivity contribution in [3.8, 4) is 0 Å². The number of thiocarbonyl (C=S) groups is 1. The summed E-state index contributed by atoms with van der Waals surface area (Å²) in [6.07, 6.45) is 2.04. The molecule has 0 aromatic heterocycles. The van der Waals surface area contributed by atoms with Crippen LogP contribution in [0, 0.1) is 0 Å². The lowest BCUT2D eigenvalue weighted by Crippen LogP contribution is -2.22. The van der Waals surface area contributed by atoms with Gasteiger partial charge in [0.05, 0.1) is 0 Å². The number of nitrogens with one attached hydrogen (secondary N) is 1. The molecule has 100 valence electrons. The quantitative estimate of drug-likeness (QED) is 0.594. The monoisotopic (exact) mass is 300 g/mol. The van der Waals surface area contributed by atoms with Gasteiger partial charge >= 0.3 is 0 Å². The number of hydrogen-bond donors (Lipinski definition) is 2. The van der Waals surface area contributed by atoms with Crippen LogP contribution in [0.3, 0.4) is 0 Å². The summed E-state index contributed by atoms with van der Waals surface area (Å²) < 4.78 is 0. The van der Waals surface area contributed by atoms with Gasteiger partial charge < -0.3 is 11.1 Å². The zero-order valence-electron chi connectivity index (χ0n) is 11.0. The van der Waals surface area contributed by atoms with Gasteiger partial charge in [0.2, 0.25) is 0 Å². The minimum absolute atomic E-state index is 0.403. The van der Waals surface area contributed by atoms with Crippen molar-refractivity contribution in [2.45, 2.75) is 24.8 Å². The molecule has 2 nitrogen and oxygen atoms in total. The maximum Gasteiger partial charge on any atom is 0.107 e. The predicted octanol–water partition coefficient (Wildman–Crippen LogP) is 3.60. The van der Waals surface area contributed by atoms with Crippen LogP contribution in [0.4, 0.5) is 5.69 Å². The Morgan fingerprint density at radius 3 is 2.78 bits per heavy atom. The van der Waals surface area contributed by atoms with Gasteiger partial charge in [0.1, 0.15) is 4.99 Å². The molecule has 0 saturated heterocycles. The van der Waals surface area contributed by atoms with Crippen molar-refractivity contribution >= 4 is 46.4 Å². The van der Waals surface area contributed by atoms with Gasteiger partial charge in [-0.3, -0.25) is 0 Å². The zero-order valence-corrected chi connectivity index (χ0v) is 13.5. The van der Waals surface area contributed by atoms with E-state index in [4.69, 9.17) is 18.0 Å². The Labute approximate surface area is 123 Å². The molecule has 0 heterocycles. The summed E-state index contributed by atoms with van der Waals surface area (Å²) >= 11 is 8.76. The number of hydrogen-bond acceptors (Lipinski definition) is 4. The fraction of sp³-hybridized carbons (Fsp3) is 0.462. The summed E-state index contributed by atoms with van der Waals surface area (Å²) in [6, 6.07) is 6.53. The van der Waals surface area contributed by atoms with Crippen molar-refractivity contribution in [3.05, 3.63) is 23.8 Å². The average Bonchev–Trinajstić information content (AvgIpc) is 2.35. The van der Waals surface area contributed by atoms with Crippen LogP contribution in [-0.2, 0) is 0 Å². The minimum atomic E-state index is 0.403. The second kappa shape index (κ2) is 7.92. The third-order valence-electron chi connectivity index (χ3n) is 2.47. The Bertz CT molecular complexity index is 407. The smallest absolute Gasteiger partial charge is 0.107 e. The highest BCUT2D eigenvalue weighted by atomic mass is 32.2. The highest BCUT2D eigenvalue weighted by Crippen LogP contribution is 2.27. The minimum Gasteiger partial charge on any atom is -0.389 e. The lowest BCUT2D eigenvalue weighted by atomic mass is 10.1. The van der Waals surface area contributed by atoms with Gasteiger partial charge in [-0.15, -0.1) is 11.8 Å². The maximum atomic E-state index is 5.84. The molecule has 0 bridgehead atoms. The van der Waals surface area contributed by atoms with E-state index >= 15 is 0 Å². The van der Waals surface area contributed by atoms with E-state index in [2.05, 4.69) is 25.2 Å². The number of benzene rings is 1. The van der Waals surface area contributed by atoms with E-state index in [0.717, 1.165) is 27.7 Å². The van der Waals surface area contributed by atoms with Gasteiger partial charge in [0, 0.05) is 27.9 Å². The number of anilines is 1. The highest BCUT2D eigenvalue weighted by Gasteiger charge is 2.12. The van der Waals surface area contributed by atoms with Crippen LogP contribution in [0.1, 0.15) is 19.4 Å². The van der Waals surface area contributed by atoms with Gasteiger partial charge in [-0.05, 0) is 31.1 Å². The molecule has 1 aromatic rings. The summed E-state index contributed by atoms with van der Waals surface area (Å²) in [7, 11) is 0. The Morgan fingerprint density at radius 1 is 1.50 bits per heavy atom. The highest BCUT2D eigenvalue weighted by molar-refractivity contribution is 7.99. The molecule has 1 rings (SSSR count). The lowest BCUT2D eigenvalue weighted by Gasteiger charge is -2.19. The van der Waals surface area contributed by atoms with E-state index in [1.165, 1.54) is 0 Å². The van der Waals surface area contributed by atoms with E-state index in [1.54, 1.807) is 11.8 Å². The van der Waals surface area contributed by atoms with E-state index in [0.29, 0.717) is 11.0 Å². The van der Waals surface area contributed by atoms with Gasteiger partial charge in [-0.25, -0.2) is 0 Å². The summed E-state index contributed by atoms with van der Waals surface area (Å²) in [4.78, 5) is 1.58. The number of thioether (sulfide) groups is 2. The van der Waals surface area contributed by atoms with E-state index < -0.39 is 0 Å². The molecule has 0 saturated carbocycles. The molecule has 0 fully saturated rings. The van der Waals surface area contributed by atoms with Crippen molar-refractivity contribution in [3.63, 3.8) is 0 Å². The number of nitrogens with two attached hydrogens (primary N) is 1. The number of rotatable bonds is 7. The van der Waals surface area contributed by atoms with Crippen LogP contribution in [0.2, 0.25) is 0 Å². The largest absolute Gasteiger partial charge is 0.389 e. The van der Waals surface area contributed by atoms with E-state index in [-0.39, 0.29) is 0 Å². The molecule has 0 aliphatic carbocycles. The van der Waals surface area contributed by atoms with Crippen LogP contribution < -0.4 is 11.1 Å². The molecule has 0 aliphatic heterocycles. The van der Waals surface area contributed by atoms with Crippen molar-refractivity contribution in [1.82, 2.24) is 0 Å². The van der Waals surface area contributed by atoms with E-state index in [9.17, 15) is 0 Å². The van der Waals surface area contributed by atoms with Gasteiger partial charge in [0.25, 0.3) is 0 Å². The first-order valence-electron chi connectivity index (χ1n) is 5.91. The fourth-order valence-electron chi connectivity index (χ4n) is 1.68. The Balaban J connectivity index is 2.90. The molecule has 0 aliphatic rings. The third kappa shape index (κ3) is 4.37. The van der Waals surface area contributed by atoms with Crippen molar-refractivity contribution in [2.24, 2.45) is 5.73 Å². The molecule has 0 spiro atoms. The van der Waals surface area contributed by atoms with Crippen LogP contribution in [0.5, 0.6) is 0 Å². The Hall–Kier alpha value is -0.390. The summed E-state index contributed by atoms with van der Waals surface area (Å²) in [5.74, 6) is 2.22. The molecular formula is C13H20N2S3. The maximum absolute atomic E-state index is 5.84. The molecule has 1 aromatic carbocycles. The van der Waals surface area contributed by atoms with Crippen LogP contribution in [0.15, 0.2) is 23.1 Å². The first kappa shape index (κ1) is 15.7. The third-order valence-corrected chi connectivity index (χ3v) is 4.59. The first-order valence-corrected chi connectivity index (χ1v) is 8.70. The second-order valence-electron chi connectivity index (χ2n) is 3.95. The molecule has 0 amide bonds.